The Morgan fingerprint density at radius 1 is 1.08 bits per heavy atom. The second kappa shape index (κ2) is 9.41. The Hall–Kier alpha value is -3.68. The number of hydrogen-bond donors (Lipinski definition) is 1. The number of aryl methyl sites for hydroxylation is 1. The largest absolute Gasteiger partial charge is 0.444 e. The van der Waals surface area contributed by atoms with Gasteiger partial charge in [-0.1, -0.05) is 30.3 Å². The van der Waals surface area contributed by atoms with Crippen LogP contribution in [0.15, 0.2) is 54.7 Å². The molecule has 0 radical (unpaired) electrons. The summed E-state index contributed by atoms with van der Waals surface area (Å²) in [5, 5.41) is 3.49. The summed E-state index contributed by atoms with van der Waals surface area (Å²) in [7, 11) is 0. The first kappa shape index (κ1) is 24.0. The number of carbonyl (C=O) groups is 1. The van der Waals surface area contributed by atoms with Crippen molar-refractivity contribution in [2.24, 2.45) is 0 Å². The SMILES string of the molecule is Cc1cc(-c2ccnc(N[C@@H](C)c3ccccc3)c2)nc(N2CC3CC2CN3C(=O)OC(C)(C)C)n1. The molecule has 4 heterocycles. The van der Waals surface area contributed by atoms with Crippen molar-refractivity contribution < 1.29 is 9.53 Å². The third-order valence-electron chi connectivity index (χ3n) is 6.69. The van der Waals surface area contributed by atoms with E-state index < -0.39 is 5.60 Å². The lowest BCUT2D eigenvalue weighted by Crippen LogP contribution is -2.50. The predicted molar refractivity (Wildman–Crippen MR) is 141 cm³/mol. The fourth-order valence-electron chi connectivity index (χ4n) is 5.00. The van der Waals surface area contributed by atoms with Crippen LogP contribution < -0.4 is 10.2 Å². The molecule has 0 spiro atoms. The highest BCUT2D eigenvalue weighted by atomic mass is 16.6. The zero-order valence-corrected chi connectivity index (χ0v) is 21.6. The number of nitrogens with zero attached hydrogens (tertiary/aromatic N) is 5. The molecule has 2 fully saturated rings. The maximum absolute atomic E-state index is 12.6. The van der Waals surface area contributed by atoms with Gasteiger partial charge in [-0.2, -0.15) is 0 Å². The highest BCUT2D eigenvalue weighted by molar-refractivity contribution is 5.70. The van der Waals surface area contributed by atoms with Crippen molar-refractivity contribution >= 4 is 17.9 Å². The summed E-state index contributed by atoms with van der Waals surface area (Å²) in [6.45, 7) is 11.2. The zero-order chi connectivity index (χ0) is 25.4. The summed E-state index contributed by atoms with van der Waals surface area (Å²) in [6, 6.07) is 16.8. The Labute approximate surface area is 212 Å². The molecular formula is C28H34N6O2. The molecule has 2 aliphatic heterocycles. The van der Waals surface area contributed by atoms with E-state index in [1.54, 1.807) is 0 Å². The molecule has 2 aromatic heterocycles. The van der Waals surface area contributed by atoms with Gasteiger partial charge < -0.3 is 19.9 Å². The molecule has 2 aliphatic rings. The van der Waals surface area contributed by atoms with Crippen molar-refractivity contribution in [2.45, 2.75) is 64.8 Å². The van der Waals surface area contributed by atoms with Gasteiger partial charge in [-0.05, 0) is 64.8 Å². The summed E-state index contributed by atoms with van der Waals surface area (Å²) in [4.78, 5) is 30.9. The number of anilines is 2. The summed E-state index contributed by atoms with van der Waals surface area (Å²) >= 11 is 0. The molecule has 1 N–H and O–H groups in total. The first-order chi connectivity index (χ1) is 17.2. The van der Waals surface area contributed by atoms with Crippen molar-refractivity contribution in [1.82, 2.24) is 19.9 Å². The number of ether oxygens (including phenoxy) is 1. The number of rotatable bonds is 5. The Kier molecular flexibility index (Phi) is 6.28. The van der Waals surface area contributed by atoms with E-state index in [-0.39, 0.29) is 24.2 Å². The summed E-state index contributed by atoms with van der Waals surface area (Å²) in [5.74, 6) is 1.51. The molecular weight excluding hydrogens is 452 g/mol. The minimum Gasteiger partial charge on any atom is -0.444 e. The van der Waals surface area contributed by atoms with Gasteiger partial charge in [0.2, 0.25) is 5.95 Å². The first-order valence-electron chi connectivity index (χ1n) is 12.6. The highest BCUT2D eigenvalue weighted by Gasteiger charge is 2.47. The van der Waals surface area contributed by atoms with Crippen molar-refractivity contribution in [3.8, 4) is 11.3 Å². The average Bonchev–Trinajstić information content (AvgIpc) is 3.45. The Morgan fingerprint density at radius 2 is 1.86 bits per heavy atom. The standard InChI is InChI=1S/C28H34N6O2/c1-18-13-24(21-11-12-29-25(14-21)31-19(2)20-9-7-6-8-10-20)32-26(30-18)33-16-23-15-22(33)17-34(23)27(35)36-28(3,4)5/h6-14,19,22-23H,15-17H2,1-5H3,(H,29,31)/t19-,22?,23?/m0/s1. The van der Waals surface area contributed by atoms with E-state index in [1.807, 2.05) is 75.2 Å². The molecule has 2 bridgehead atoms. The number of fused-ring (bicyclic) bond motifs is 2. The zero-order valence-electron chi connectivity index (χ0n) is 21.6. The number of likely N-dealkylation sites (tertiary alicyclic amines) is 1. The van der Waals surface area contributed by atoms with Gasteiger partial charge in [-0.3, -0.25) is 0 Å². The Morgan fingerprint density at radius 3 is 2.56 bits per heavy atom. The average molecular weight is 487 g/mol. The van der Waals surface area contributed by atoms with E-state index in [1.165, 1.54) is 5.56 Å². The van der Waals surface area contributed by atoms with Crippen LogP contribution >= 0.6 is 0 Å². The second-order valence-electron chi connectivity index (χ2n) is 10.7. The molecule has 0 aliphatic carbocycles. The molecule has 8 heteroatoms. The lowest BCUT2D eigenvalue weighted by atomic mass is 10.1. The van der Waals surface area contributed by atoms with Gasteiger partial charge in [0.05, 0.1) is 17.8 Å². The molecule has 3 aromatic rings. The van der Waals surface area contributed by atoms with Crippen LogP contribution in [0.5, 0.6) is 0 Å². The quantitative estimate of drug-likeness (QED) is 0.529. The van der Waals surface area contributed by atoms with Crippen molar-refractivity contribution in [3.63, 3.8) is 0 Å². The van der Waals surface area contributed by atoms with E-state index in [9.17, 15) is 4.79 Å². The second-order valence-corrected chi connectivity index (χ2v) is 10.7. The normalized spacial score (nSPS) is 19.9. The smallest absolute Gasteiger partial charge is 0.410 e. The maximum atomic E-state index is 12.6. The van der Waals surface area contributed by atoms with Crippen LogP contribution in [0.25, 0.3) is 11.3 Å². The molecule has 0 saturated carbocycles. The number of hydrogen-bond acceptors (Lipinski definition) is 7. The summed E-state index contributed by atoms with van der Waals surface area (Å²) < 4.78 is 5.60. The predicted octanol–water partition coefficient (Wildman–Crippen LogP) is 5.22. The number of benzene rings is 1. The van der Waals surface area contributed by atoms with E-state index in [2.05, 4.69) is 34.3 Å². The first-order valence-corrected chi connectivity index (χ1v) is 12.6. The molecule has 2 unspecified atom stereocenters. The number of carbonyl (C=O) groups excluding carboxylic acids is 1. The van der Waals surface area contributed by atoms with Crippen LogP contribution in [0.4, 0.5) is 16.6 Å². The summed E-state index contributed by atoms with van der Waals surface area (Å²) in [5.41, 5.74) is 3.46. The fourth-order valence-corrected chi connectivity index (χ4v) is 5.00. The van der Waals surface area contributed by atoms with Crippen LogP contribution in [-0.4, -0.2) is 56.7 Å². The lowest BCUT2D eigenvalue weighted by Gasteiger charge is -2.35. The van der Waals surface area contributed by atoms with Crippen LogP contribution in [-0.2, 0) is 4.74 Å². The van der Waals surface area contributed by atoms with E-state index in [0.717, 1.165) is 29.2 Å². The topological polar surface area (TPSA) is 83.5 Å². The van der Waals surface area contributed by atoms with E-state index in [4.69, 9.17) is 14.7 Å². The monoisotopic (exact) mass is 486 g/mol. The molecule has 36 heavy (non-hydrogen) atoms. The molecule has 3 atom stereocenters. The van der Waals surface area contributed by atoms with Crippen molar-refractivity contribution in [3.05, 3.63) is 66.0 Å². The third-order valence-corrected chi connectivity index (χ3v) is 6.69. The molecule has 8 nitrogen and oxygen atoms in total. The third kappa shape index (κ3) is 5.12. The van der Waals surface area contributed by atoms with Crippen molar-refractivity contribution in [2.75, 3.05) is 23.3 Å². The maximum Gasteiger partial charge on any atom is 0.410 e. The number of pyridine rings is 1. The van der Waals surface area contributed by atoms with Crippen LogP contribution in [0, 0.1) is 6.92 Å². The Bertz CT molecular complexity index is 1240. The lowest BCUT2D eigenvalue weighted by molar-refractivity contribution is 0.0214. The minimum absolute atomic E-state index is 0.119. The van der Waals surface area contributed by atoms with Gasteiger partial charge in [0.25, 0.3) is 0 Å². The Balaban J connectivity index is 1.32. The van der Waals surface area contributed by atoms with E-state index in [0.29, 0.717) is 19.0 Å². The van der Waals surface area contributed by atoms with E-state index >= 15 is 0 Å². The number of amides is 1. The van der Waals surface area contributed by atoms with Gasteiger partial charge >= 0.3 is 6.09 Å². The van der Waals surface area contributed by atoms with Gasteiger partial charge in [0, 0.05) is 36.6 Å². The molecule has 1 aromatic carbocycles. The molecule has 5 rings (SSSR count). The number of piperazine rings is 1. The molecule has 1 amide bonds. The highest BCUT2D eigenvalue weighted by Crippen LogP contribution is 2.35. The van der Waals surface area contributed by atoms with Crippen LogP contribution in [0.1, 0.15) is 51.4 Å². The molecule has 2 saturated heterocycles. The van der Waals surface area contributed by atoms with Crippen LogP contribution in [0.2, 0.25) is 0 Å². The number of aromatic nitrogens is 3. The van der Waals surface area contributed by atoms with Gasteiger partial charge in [0.1, 0.15) is 11.4 Å². The van der Waals surface area contributed by atoms with Gasteiger partial charge in [-0.15, -0.1) is 0 Å². The fraction of sp³-hybridized carbons (Fsp3) is 0.429. The van der Waals surface area contributed by atoms with Crippen molar-refractivity contribution in [1.29, 1.82) is 0 Å². The number of nitrogens with one attached hydrogen (secondary N) is 1. The van der Waals surface area contributed by atoms with Gasteiger partial charge in [-0.25, -0.2) is 19.7 Å². The minimum atomic E-state index is -0.496. The van der Waals surface area contributed by atoms with Gasteiger partial charge in [0.15, 0.2) is 0 Å². The summed E-state index contributed by atoms with van der Waals surface area (Å²) in [6.07, 6.45) is 2.48. The molecule has 188 valence electrons. The van der Waals surface area contributed by atoms with Crippen LogP contribution in [0.3, 0.4) is 0 Å².